The molecule has 1 heterocycles. The SMILES string of the molecule is COc1ccnc(CN(C)CC(N)=S)c1OC. The summed E-state index contributed by atoms with van der Waals surface area (Å²) in [5.74, 6) is 1.31. The molecular formula is C11H17N3O2S. The van der Waals surface area contributed by atoms with Gasteiger partial charge >= 0.3 is 0 Å². The Morgan fingerprint density at radius 2 is 2.18 bits per heavy atom. The maximum absolute atomic E-state index is 5.49. The van der Waals surface area contributed by atoms with Crippen molar-refractivity contribution in [3.8, 4) is 11.5 Å². The minimum atomic E-state index is 0.453. The Kier molecular flexibility index (Phi) is 5.11. The van der Waals surface area contributed by atoms with Crippen LogP contribution in [-0.4, -0.2) is 42.7 Å². The van der Waals surface area contributed by atoms with Gasteiger partial charge in [-0.1, -0.05) is 12.2 Å². The number of nitrogens with two attached hydrogens (primary N) is 1. The first-order chi connectivity index (χ1) is 8.08. The molecule has 94 valence electrons. The second-order valence-electron chi connectivity index (χ2n) is 3.63. The van der Waals surface area contributed by atoms with Crippen molar-refractivity contribution in [2.24, 2.45) is 5.73 Å². The molecule has 1 aromatic heterocycles. The minimum absolute atomic E-state index is 0.453. The molecule has 0 atom stereocenters. The van der Waals surface area contributed by atoms with Crippen molar-refractivity contribution >= 4 is 17.2 Å². The fourth-order valence-corrected chi connectivity index (χ4v) is 1.76. The Balaban J connectivity index is 2.86. The predicted molar refractivity (Wildman–Crippen MR) is 70.5 cm³/mol. The molecule has 0 aliphatic rings. The molecule has 0 aliphatic carbocycles. The molecule has 0 saturated heterocycles. The smallest absolute Gasteiger partial charge is 0.183 e. The molecule has 0 amide bonds. The summed E-state index contributed by atoms with van der Waals surface area (Å²) in [6, 6.07) is 1.76. The van der Waals surface area contributed by atoms with Gasteiger partial charge in [0.25, 0.3) is 0 Å². The third-order valence-electron chi connectivity index (χ3n) is 2.21. The Hall–Kier alpha value is -1.40. The maximum Gasteiger partial charge on any atom is 0.183 e. The zero-order valence-electron chi connectivity index (χ0n) is 10.3. The van der Waals surface area contributed by atoms with E-state index in [-0.39, 0.29) is 0 Å². The number of ether oxygens (including phenoxy) is 2. The molecule has 1 rings (SSSR count). The zero-order chi connectivity index (χ0) is 12.8. The van der Waals surface area contributed by atoms with Gasteiger partial charge in [-0.25, -0.2) is 0 Å². The van der Waals surface area contributed by atoms with E-state index in [1.54, 1.807) is 26.5 Å². The monoisotopic (exact) mass is 255 g/mol. The van der Waals surface area contributed by atoms with Crippen LogP contribution in [0.25, 0.3) is 0 Å². The summed E-state index contributed by atoms with van der Waals surface area (Å²) in [5.41, 5.74) is 6.28. The van der Waals surface area contributed by atoms with Gasteiger partial charge < -0.3 is 15.2 Å². The van der Waals surface area contributed by atoms with Crippen LogP contribution in [0.2, 0.25) is 0 Å². The molecule has 0 fully saturated rings. The third kappa shape index (κ3) is 3.83. The number of rotatable bonds is 6. The normalized spacial score (nSPS) is 10.4. The summed E-state index contributed by atoms with van der Waals surface area (Å²) in [5, 5.41) is 0. The second kappa shape index (κ2) is 6.36. The lowest BCUT2D eigenvalue weighted by Crippen LogP contribution is -2.29. The Morgan fingerprint density at radius 1 is 1.47 bits per heavy atom. The van der Waals surface area contributed by atoms with Gasteiger partial charge in [-0.2, -0.15) is 0 Å². The van der Waals surface area contributed by atoms with Crippen molar-refractivity contribution < 1.29 is 9.47 Å². The Morgan fingerprint density at radius 3 is 2.71 bits per heavy atom. The number of aromatic nitrogens is 1. The second-order valence-corrected chi connectivity index (χ2v) is 4.16. The summed E-state index contributed by atoms with van der Waals surface area (Å²) in [6.07, 6.45) is 1.69. The van der Waals surface area contributed by atoms with E-state index in [2.05, 4.69) is 4.98 Å². The van der Waals surface area contributed by atoms with E-state index in [9.17, 15) is 0 Å². The molecule has 1 aromatic rings. The molecule has 0 aliphatic heterocycles. The van der Waals surface area contributed by atoms with Crippen LogP contribution in [0.3, 0.4) is 0 Å². The van der Waals surface area contributed by atoms with Gasteiger partial charge in [-0.05, 0) is 7.05 Å². The number of thiocarbonyl (C=S) groups is 1. The van der Waals surface area contributed by atoms with Gasteiger partial charge in [0.05, 0.1) is 19.2 Å². The molecule has 17 heavy (non-hydrogen) atoms. The third-order valence-corrected chi connectivity index (χ3v) is 2.34. The highest BCUT2D eigenvalue weighted by molar-refractivity contribution is 7.80. The highest BCUT2D eigenvalue weighted by atomic mass is 32.1. The summed E-state index contributed by atoms with van der Waals surface area (Å²) >= 11 is 4.86. The first-order valence-electron chi connectivity index (χ1n) is 5.11. The van der Waals surface area contributed by atoms with Gasteiger partial charge in [-0.3, -0.25) is 9.88 Å². The first kappa shape index (κ1) is 13.7. The fourth-order valence-electron chi connectivity index (χ4n) is 1.54. The van der Waals surface area contributed by atoms with Crippen molar-refractivity contribution in [1.82, 2.24) is 9.88 Å². The quantitative estimate of drug-likeness (QED) is 0.759. The van der Waals surface area contributed by atoms with Crippen LogP contribution in [0.4, 0.5) is 0 Å². The number of nitrogens with zero attached hydrogens (tertiary/aromatic N) is 2. The van der Waals surface area contributed by atoms with Gasteiger partial charge in [-0.15, -0.1) is 0 Å². The van der Waals surface area contributed by atoms with E-state index < -0.39 is 0 Å². The van der Waals surface area contributed by atoms with Crippen LogP contribution in [0.1, 0.15) is 5.69 Å². The Labute approximate surface area is 107 Å². The van der Waals surface area contributed by atoms with Crippen molar-refractivity contribution in [3.63, 3.8) is 0 Å². The maximum atomic E-state index is 5.49. The average Bonchev–Trinajstić information content (AvgIpc) is 2.27. The lowest BCUT2D eigenvalue weighted by atomic mass is 10.3. The van der Waals surface area contributed by atoms with Crippen LogP contribution in [0.15, 0.2) is 12.3 Å². The molecule has 6 heteroatoms. The molecule has 0 radical (unpaired) electrons. The molecule has 0 saturated carbocycles. The summed E-state index contributed by atoms with van der Waals surface area (Å²) in [6.45, 7) is 1.13. The topological polar surface area (TPSA) is 60.6 Å². The molecule has 0 bridgehead atoms. The first-order valence-corrected chi connectivity index (χ1v) is 5.52. The van der Waals surface area contributed by atoms with E-state index in [0.29, 0.717) is 29.6 Å². The predicted octanol–water partition coefficient (Wildman–Crippen LogP) is 0.817. The summed E-state index contributed by atoms with van der Waals surface area (Å²) in [4.78, 5) is 6.69. The van der Waals surface area contributed by atoms with Gasteiger partial charge in [0, 0.05) is 25.4 Å². The molecule has 0 aromatic carbocycles. The van der Waals surface area contributed by atoms with E-state index in [1.807, 2.05) is 11.9 Å². The molecule has 0 spiro atoms. The fraction of sp³-hybridized carbons (Fsp3) is 0.455. The van der Waals surface area contributed by atoms with E-state index in [0.717, 1.165) is 5.69 Å². The lowest BCUT2D eigenvalue weighted by Gasteiger charge is -2.17. The van der Waals surface area contributed by atoms with Crippen LogP contribution in [0, 0.1) is 0 Å². The zero-order valence-corrected chi connectivity index (χ0v) is 11.1. The Bertz CT molecular complexity index is 398. The average molecular weight is 255 g/mol. The number of methoxy groups -OCH3 is 2. The highest BCUT2D eigenvalue weighted by Crippen LogP contribution is 2.29. The number of hydrogen-bond donors (Lipinski definition) is 1. The van der Waals surface area contributed by atoms with Crippen molar-refractivity contribution in [2.45, 2.75) is 6.54 Å². The molecular weight excluding hydrogens is 238 g/mol. The number of pyridine rings is 1. The molecule has 2 N–H and O–H groups in total. The standard InChI is InChI=1S/C11H17N3O2S/c1-14(7-10(12)17)6-8-11(16-3)9(15-2)4-5-13-8/h4-5H,6-7H2,1-3H3,(H2,12,17). The molecule has 0 unspecified atom stereocenters. The van der Waals surface area contributed by atoms with Gasteiger partial charge in [0.1, 0.15) is 5.69 Å². The summed E-state index contributed by atoms with van der Waals surface area (Å²) < 4.78 is 10.5. The van der Waals surface area contributed by atoms with Gasteiger partial charge in [0.2, 0.25) is 0 Å². The van der Waals surface area contributed by atoms with E-state index >= 15 is 0 Å². The number of hydrogen-bond acceptors (Lipinski definition) is 5. The van der Waals surface area contributed by atoms with Crippen molar-refractivity contribution in [2.75, 3.05) is 27.8 Å². The van der Waals surface area contributed by atoms with Crippen LogP contribution in [-0.2, 0) is 6.54 Å². The van der Waals surface area contributed by atoms with Crippen molar-refractivity contribution in [1.29, 1.82) is 0 Å². The minimum Gasteiger partial charge on any atom is -0.493 e. The van der Waals surface area contributed by atoms with Crippen LogP contribution >= 0.6 is 12.2 Å². The highest BCUT2D eigenvalue weighted by Gasteiger charge is 2.13. The number of likely N-dealkylation sites (N-methyl/N-ethyl adjacent to an activating group) is 1. The van der Waals surface area contributed by atoms with Crippen molar-refractivity contribution in [3.05, 3.63) is 18.0 Å². The summed E-state index contributed by atoms with van der Waals surface area (Å²) in [7, 11) is 5.11. The largest absolute Gasteiger partial charge is 0.493 e. The van der Waals surface area contributed by atoms with E-state index in [1.165, 1.54) is 0 Å². The van der Waals surface area contributed by atoms with Crippen LogP contribution < -0.4 is 15.2 Å². The van der Waals surface area contributed by atoms with Gasteiger partial charge in [0.15, 0.2) is 11.5 Å². The van der Waals surface area contributed by atoms with E-state index in [4.69, 9.17) is 27.4 Å². The molecule has 5 nitrogen and oxygen atoms in total. The van der Waals surface area contributed by atoms with Crippen LogP contribution in [0.5, 0.6) is 11.5 Å². The lowest BCUT2D eigenvalue weighted by molar-refractivity contribution is 0.327.